The highest BCUT2D eigenvalue weighted by molar-refractivity contribution is 6.31. The van der Waals surface area contributed by atoms with Crippen molar-refractivity contribution in [3.05, 3.63) is 34.3 Å². The maximum absolute atomic E-state index is 11.8. The summed E-state index contributed by atoms with van der Waals surface area (Å²) in [4.78, 5) is 11.8. The van der Waals surface area contributed by atoms with Crippen LogP contribution in [0.1, 0.15) is 15.9 Å². The van der Waals surface area contributed by atoms with E-state index in [2.05, 4.69) is 10.6 Å². The summed E-state index contributed by atoms with van der Waals surface area (Å²) in [6.45, 7) is 4.64. The molecule has 3 nitrogen and oxygen atoms in total. The van der Waals surface area contributed by atoms with E-state index < -0.39 is 0 Å². The van der Waals surface area contributed by atoms with Crippen LogP contribution >= 0.6 is 11.6 Å². The number of benzene rings is 1. The van der Waals surface area contributed by atoms with Crippen molar-refractivity contribution in [3.8, 4) is 0 Å². The van der Waals surface area contributed by atoms with Gasteiger partial charge in [-0.05, 0) is 24.6 Å². The normalized spacial score (nSPS) is 15.6. The van der Waals surface area contributed by atoms with Crippen LogP contribution in [0, 0.1) is 12.8 Å². The molecule has 1 aromatic carbocycles. The molecule has 0 aromatic heterocycles. The lowest BCUT2D eigenvalue weighted by molar-refractivity contribution is 0.0942. The van der Waals surface area contributed by atoms with Gasteiger partial charge in [-0.1, -0.05) is 17.7 Å². The van der Waals surface area contributed by atoms with Gasteiger partial charge in [0, 0.05) is 36.1 Å². The molecular formula is C12H15ClN2O. The Morgan fingerprint density at radius 3 is 2.88 bits per heavy atom. The Kier molecular flexibility index (Phi) is 3.46. The van der Waals surface area contributed by atoms with Crippen molar-refractivity contribution in [2.24, 2.45) is 5.92 Å². The van der Waals surface area contributed by atoms with E-state index in [1.54, 1.807) is 12.1 Å². The fourth-order valence-electron chi connectivity index (χ4n) is 1.57. The standard InChI is InChI=1S/C12H15ClN2O/c1-8-2-3-10(4-11(8)13)12(16)15-7-9-5-14-6-9/h2-4,9,14H,5-7H2,1H3,(H,15,16). The largest absolute Gasteiger partial charge is 0.352 e. The first-order valence-electron chi connectivity index (χ1n) is 5.42. The molecule has 1 aliphatic rings. The van der Waals surface area contributed by atoms with E-state index in [0.717, 1.165) is 25.2 Å². The van der Waals surface area contributed by atoms with E-state index in [-0.39, 0.29) is 5.91 Å². The fraction of sp³-hybridized carbons (Fsp3) is 0.417. The van der Waals surface area contributed by atoms with Gasteiger partial charge >= 0.3 is 0 Å². The second-order valence-electron chi connectivity index (χ2n) is 4.20. The molecule has 1 saturated heterocycles. The molecule has 4 heteroatoms. The minimum Gasteiger partial charge on any atom is -0.352 e. The lowest BCUT2D eigenvalue weighted by Crippen LogP contribution is -2.48. The van der Waals surface area contributed by atoms with Crippen molar-refractivity contribution in [2.45, 2.75) is 6.92 Å². The lowest BCUT2D eigenvalue weighted by atomic mass is 10.0. The van der Waals surface area contributed by atoms with Gasteiger partial charge < -0.3 is 10.6 Å². The molecule has 1 amide bonds. The summed E-state index contributed by atoms with van der Waals surface area (Å²) in [5.74, 6) is 0.527. The van der Waals surface area contributed by atoms with E-state index in [0.29, 0.717) is 16.5 Å². The van der Waals surface area contributed by atoms with Gasteiger partial charge in [-0.25, -0.2) is 0 Å². The van der Waals surface area contributed by atoms with Crippen molar-refractivity contribution in [3.63, 3.8) is 0 Å². The fourth-order valence-corrected chi connectivity index (χ4v) is 1.75. The molecule has 0 saturated carbocycles. The second kappa shape index (κ2) is 4.85. The molecule has 0 radical (unpaired) electrons. The summed E-state index contributed by atoms with van der Waals surface area (Å²) in [7, 11) is 0. The average molecular weight is 239 g/mol. The Morgan fingerprint density at radius 1 is 1.56 bits per heavy atom. The number of nitrogens with one attached hydrogen (secondary N) is 2. The van der Waals surface area contributed by atoms with Crippen molar-refractivity contribution in [2.75, 3.05) is 19.6 Å². The Morgan fingerprint density at radius 2 is 2.31 bits per heavy atom. The molecule has 1 fully saturated rings. The van der Waals surface area contributed by atoms with Crippen LogP contribution in [0.15, 0.2) is 18.2 Å². The van der Waals surface area contributed by atoms with E-state index in [4.69, 9.17) is 11.6 Å². The second-order valence-corrected chi connectivity index (χ2v) is 4.61. The number of hydrogen-bond donors (Lipinski definition) is 2. The third-order valence-electron chi connectivity index (χ3n) is 2.85. The first kappa shape index (κ1) is 11.4. The summed E-state index contributed by atoms with van der Waals surface area (Å²) in [5.41, 5.74) is 1.62. The molecular weight excluding hydrogens is 224 g/mol. The minimum absolute atomic E-state index is 0.0474. The molecule has 86 valence electrons. The third kappa shape index (κ3) is 2.54. The zero-order valence-corrected chi connectivity index (χ0v) is 9.97. The van der Waals surface area contributed by atoms with Crippen LogP contribution in [0.2, 0.25) is 5.02 Å². The molecule has 16 heavy (non-hydrogen) atoms. The molecule has 0 aliphatic carbocycles. The molecule has 1 aromatic rings. The van der Waals surface area contributed by atoms with Gasteiger partial charge in [0.15, 0.2) is 0 Å². The molecule has 0 atom stereocenters. The van der Waals surface area contributed by atoms with Gasteiger partial charge in [0.05, 0.1) is 0 Å². The van der Waals surface area contributed by atoms with Crippen molar-refractivity contribution in [1.82, 2.24) is 10.6 Å². The van der Waals surface area contributed by atoms with E-state index in [1.807, 2.05) is 13.0 Å². The highest BCUT2D eigenvalue weighted by Gasteiger charge is 2.17. The average Bonchev–Trinajstić information content (AvgIpc) is 2.19. The SMILES string of the molecule is Cc1ccc(C(=O)NCC2CNC2)cc1Cl. The maximum atomic E-state index is 11.8. The topological polar surface area (TPSA) is 41.1 Å². The maximum Gasteiger partial charge on any atom is 0.251 e. The van der Waals surface area contributed by atoms with Crippen molar-refractivity contribution < 1.29 is 4.79 Å². The first-order valence-corrected chi connectivity index (χ1v) is 5.79. The molecule has 0 spiro atoms. The molecule has 1 aliphatic heterocycles. The Hall–Kier alpha value is -1.06. The molecule has 2 N–H and O–H groups in total. The molecule has 0 bridgehead atoms. The first-order chi connectivity index (χ1) is 7.66. The van der Waals surface area contributed by atoms with Gasteiger partial charge in [0.1, 0.15) is 0 Å². The number of carbonyl (C=O) groups is 1. The van der Waals surface area contributed by atoms with Crippen LogP contribution in [0.25, 0.3) is 0 Å². The van der Waals surface area contributed by atoms with Crippen molar-refractivity contribution in [1.29, 1.82) is 0 Å². The highest BCUT2D eigenvalue weighted by Crippen LogP contribution is 2.16. The Balaban J connectivity index is 1.94. The summed E-state index contributed by atoms with van der Waals surface area (Å²) < 4.78 is 0. The zero-order valence-electron chi connectivity index (χ0n) is 9.22. The van der Waals surface area contributed by atoms with Crippen LogP contribution in [-0.2, 0) is 0 Å². The molecule has 2 rings (SSSR count). The van der Waals surface area contributed by atoms with Gasteiger partial charge in [0.25, 0.3) is 5.91 Å². The number of carbonyl (C=O) groups excluding carboxylic acids is 1. The minimum atomic E-state index is -0.0474. The van der Waals surface area contributed by atoms with Crippen LogP contribution < -0.4 is 10.6 Å². The molecule has 0 unspecified atom stereocenters. The van der Waals surface area contributed by atoms with Gasteiger partial charge in [-0.2, -0.15) is 0 Å². The third-order valence-corrected chi connectivity index (χ3v) is 3.26. The number of rotatable bonds is 3. The number of amides is 1. The van der Waals surface area contributed by atoms with Gasteiger partial charge in [0.2, 0.25) is 0 Å². The van der Waals surface area contributed by atoms with E-state index >= 15 is 0 Å². The summed E-state index contributed by atoms with van der Waals surface area (Å²) >= 11 is 5.97. The van der Waals surface area contributed by atoms with Crippen LogP contribution in [0.5, 0.6) is 0 Å². The Bertz CT molecular complexity index is 402. The monoisotopic (exact) mass is 238 g/mol. The predicted molar refractivity (Wildman–Crippen MR) is 64.9 cm³/mol. The van der Waals surface area contributed by atoms with Crippen molar-refractivity contribution >= 4 is 17.5 Å². The molecule has 1 heterocycles. The number of aryl methyl sites for hydroxylation is 1. The van der Waals surface area contributed by atoms with Crippen LogP contribution in [0.3, 0.4) is 0 Å². The zero-order chi connectivity index (χ0) is 11.5. The van der Waals surface area contributed by atoms with E-state index in [9.17, 15) is 4.79 Å². The van der Waals surface area contributed by atoms with Crippen LogP contribution in [-0.4, -0.2) is 25.5 Å². The quantitative estimate of drug-likeness (QED) is 0.840. The smallest absolute Gasteiger partial charge is 0.251 e. The summed E-state index contributed by atoms with van der Waals surface area (Å²) in [6.07, 6.45) is 0. The van der Waals surface area contributed by atoms with E-state index in [1.165, 1.54) is 0 Å². The number of halogens is 1. The van der Waals surface area contributed by atoms with Crippen LogP contribution in [0.4, 0.5) is 0 Å². The summed E-state index contributed by atoms with van der Waals surface area (Å²) in [6, 6.07) is 5.38. The lowest BCUT2D eigenvalue weighted by Gasteiger charge is -2.27. The van der Waals surface area contributed by atoms with Gasteiger partial charge in [-0.15, -0.1) is 0 Å². The highest BCUT2D eigenvalue weighted by atomic mass is 35.5. The van der Waals surface area contributed by atoms with Gasteiger partial charge in [-0.3, -0.25) is 4.79 Å². The summed E-state index contributed by atoms with van der Waals surface area (Å²) in [5, 5.41) is 6.72. The Labute approximate surface area is 100 Å². The predicted octanol–water partition coefficient (Wildman–Crippen LogP) is 1.60. The number of hydrogen-bond acceptors (Lipinski definition) is 2.